The van der Waals surface area contributed by atoms with E-state index in [-0.39, 0.29) is 6.61 Å². The molecule has 0 atom stereocenters. The van der Waals surface area contributed by atoms with Crippen LogP contribution >= 0.6 is 0 Å². The number of hydrazine groups is 1. The van der Waals surface area contributed by atoms with E-state index in [4.69, 9.17) is 15.7 Å². The molecule has 0 aliphatic heterocycles. The van der Waals surface area contributed by atoms with Gasteiger partial charge in [-0.15, -0.1) is 0 Å². The second-order valence-corrected chi connectivity index (χ2v) is 2.30. The number of nitrogens with two attached hydrogens (primary N) is 1. The highest BCUT2D eigenvalue weighted by Gasteiger charge is 2.05. The summed E-state index contributed by atoms with van der Waals surface area (Å²) in [4.78, 5) is 0. The molecule has 0 saturated heterocycles. The Labute approximate surface area is 70.9 Å². The van der Waals surface area contributed by atoms with Crippen molar-refractivity contribution in [2.75, 3.05) is 12.5 Å². The van der Waals surface area contributed by atoms with Crippen molar-refractivity contribution in [2.45, 2.75) is 6.61 Å². The number of ether oxygens (including phenoxy) is 1. The fraction of sp³-hybridized carbons (Fsp3) is 0.250. The number of para-hydroxylation sites is 1. The molecule has 12 heavy (non-hydrogen) atoms. The highest BCUT2D eigenvalue weighted by atomic mass is 16.5. The van der Waals surface area contributed by atoms with Crippen LogP contribution in [0.3, 0.4) is 0 Å². The lowest BCUT2D eigenvalue weighted by Gasteiger charge is -2.10. The molecule has 4 N–H and O–H groups in total. The maximum atomic E-state index is 8.92. The van der Waals surface area contributed by atoms with Gasteiger partial charge >= 0.3 is 0 Å². The molecular weight excluding hydrogens is 156 g/mol. The van der Waals surface area contributed by atoms with Crippen molar-refractivity contribution < 1.29 is 9.84 Å². The highest BCUT2D eigenvalue weighted by molar-refractivity contribution is 5.59. The molecule has 0 bridgehead atoms. The summed E-state index contributed by atoms with van der Waals surface area (Å²) < 4.78 is 5.06. The molecular formula is C8H12N2O2. The largest absolute Gasteiger partial charge is 0.494 e. The van der Waals surface area contributed by atoms with Gasteiger partial charge in [-0.05, 0) is 6.07 Å². The summed E-state index contributed by atoms with van der Waals surface area (Å²) in [5, 5.41) is 8.92. The first-order valence-corrected chi connectivity index (χ1v) is 3.56. The van der Waals surface area contributed by atoms with Crippen LogP contribution in [0.2, 0.25) is 0 Å². The summed E-state index contributed by atoms with van der Waals surface area (Å²) in [6, 6.07) is 5.35. The zero-order valence-corrected chi connectivity index (χ0v) is 6.87. The molecule has 0 unspecified atom stereocenters. The van der Waals surface area contributed by atoms with E-state index in [9.17, 15) is 0 Å². The van der Waals surface area contributed by atoms with Crippen molar-refractivity contribution in [3.05, 3.63) is 23.8 Å². The third-order valence-corrected chi connectivity index (χ3v) is 1.63. The average molecular weight is 168 g/mol. The Hall–Kier alpha value is -1.26. The molecule has 0 heterocycles. The number of hydrogen-bond donors (Lipinski definition) is 3. The van der Waals surface area contributed by atoms with Crippen LogP contribution in [0.25, 0.3) is 0 Å². The number of nitrogen functional groups attached to an aromatic ring is 1. The van der Waals surface area contributed by atoms with E-state index in [0.717, 1.165) is 0 Å². The number of aliphatic hydroxyl groups is 1. The maximum absolute atomic E-state index is 8.92. The van der Waals surface area contributed by atoms with Crippen LogP contribution < -0.4 is 16.0 Å². The summed E-state index contributed by atoms with van der Waals surface area (Å²) in [6.07, 6.45) is 0. The van der Waals surface area contributed by atoms with E-state index in [0.29, 0.717) is 17.0 Å². The number of anilines is 1. The Kier molecular flexibility index (Phi) is 2.90. The van der Waals surface area contributed by atoms with E-state index in [2.05, 4.69) is 5.43 Å². The van der Waals surface area contributed by atoms with Gasteiger partial charge in [0.2, 0.25) is 0 Å². The molecule has 0 saturated carbocycles. The van der Waals surface area contributed by atoms with Gasteiger partial charge in [-0.2, -0.15) is 0 Å². The molecule has 0 radical (unpaired) electrons. The Morgan fingerprint density at radius 3 is 2.83 bits per heavy atom. The van der Waals surface area contributed by atoms with Crippen LogP contribution in [-0.2, 0) is 6.61 Å². The van der Waals surface area contributed by atoms with E-state index in [1.54, 1.807) is 18.2 Å². The van der Waals surface area contributed by atoms with Crippen LogP contribution in [0.15, 0.2) is 18.2 Å². The van der Waals surface area contributed by atoms with Gasteiger partial charge in [0.15, 0.2) is 0 Å². The van der Waals surface area contributed by atoms with Crippen molar-refractivity contribution in [3.8, 4) is 5.75 Å². The molecule has 66 valence electrons. The fourth-order valence-corrected chi connectivity index (χ4v) is 1.06. The standard InChI is InChI=1S/C8H12N2O2/c1-12-8-6(5-11)3-2-4-7(8)10-9/h2-4,10-11H,5,9H2,1H3. The predicted octanol–water partition coefficient (Wildman–Crippen LogP) is 0.473. The van der Waals surface area contributed by atoms with Gasteiger partial charge < -0.3 is 15.3 Å². The normalized spacial score (nSPS) is 9.58. The Morgan fingerprint density at radius 1 is 1.58 bits per heavy atom. The lowest BCUT2D eigenvalue weighted by molar-refractivity contribution is 0.274. The summed E-state index contributed by atoms with van der Waals surface area (Å²) in [7, 11) is 1.54. The monoisotopic (exact) mass is 168 g/mol. The summed E-state index contributed by atoms with van der Waals surface area (Å²) >= 11 is 0. The number of hydrogen-bond acceptors (Lipinski definition) is 4. The molecule has 0 aliphatic rings. The molecule has 0 aliphatic carbocycles. The average Bonchev–Trinajstić information content (AvgIpc) is 2.16. The molecule has 1 rings (SSSR count). The zero-order valence-electron chi connectivity index (χ0n) is 6.87. The van der Waals surface area contributed by atoms with Gasteiger partial charge in [0.05, 0.1) is 19.4 Å². The molecule has 0 spiro atoms. The van der Waals surface area contributed by atoms with Crippen molar-refractivity contribution in [1.82, 2.24) is 0 Å². The van der Waals surface area contributed by atoms with Gasteiger partial charge in [-0.3, -0.25) is 5.84 Å². The summed E-state index contributed by atoms with van der Waals surface area (Å²) in [5.74, 6) is 5.82. The molecule has 1 aromatic carbocycles. The van der Waals surface area contributed by atoms with Crippen molar-refractivity contribution in [2.24, 2.45) is 5.84 Å². The van der Waals surface area contributed by atoms with Crippen LogP contribution in [0.4, 0.5) is 5.69 Å². The van der Waals surface area contributed by atoms with E-state index in [1.807, 2.05) is 0 Å². The van der Waals surface area contributed by atoms with Crippen molar-refractivity contribution in [1.29, 1.82) is 0 Å². The van der Waals surface area contributed by atoms with Gasteiger partial charge in [0, 0.05) is 5.56 Å². The smallest absolute Gasteiger partial charge is 0.148 e. The second kappa shape index (κ2) is 3.94. The minimum Gasteiger partial charge on any atom is -0.494 e. The molecule has 4 heteroatoms. The number of benzene rings is 1. The Morgan fingerprint density at radius 2 is 2.33 bits per heavy atom. The van der Waals surface area contributed by atoms with E-state index in [1.165, 1.54) is 7.11 Å². The molecule has 0 aromatic heterocycles. The van der Waals surface area contributed by atoms with Crippen LogP contribution in [0.1, 0.15) is 5.56 Å². The number of nitrogens with one attached hydrogen (secondary N) is 1. The number of methoxy groups -OCH3 is 1. The van der Waals surface area contributed by atoms with Crippen LogP contribution in [-0.4, -0.2) is 12.2 Å². The molecule has 0 fully saturated rings. The van der Waals surface area contributed by atoms with E-state index < -0.39 is 0 Å². The second-order valence-electron chi connectivity index (χ2n) is 2.30. The lowest BCUT2D eigenvalue weighted by Crippen LogP contribution is -2.09. The van der Waals surface area contributed by atoms with Crippen molar-refractivity contribution >= 4 is 5.69 Å². The lowest BCUT2D eigenvalue weighted by atomic mass is 10.2. The zero-order chi connectivity index (χ0) is 8.97. The van der Waals surface area contributed by atoms with Crippen molar-refractivity contribution in [3.63, 3.8) is 0 Å². The first-order chi connectivity index (χ1) is 5.83. The molecule has 4 nitrogen and oxygen atoms in total. The van der Waals surface area contributed by atoms with Crippen LogP contribution in [0, 0.1) is 0 Å². The van der Waals surface area contributed by atoms with Gasteiger partial charge in [-0.25, -0.2) is 0 Å². The predicted molar refractivity (Wildman–Crippen MR) is 46.7 cm³/mol. The molecule has 1 aromatic rings. The Bertz CT molecular complexity index is 241. The highest BCUT2D eigenvalue weighted by Crippen LogP contribution is 2.27. The molecule has 0 amide bonds. The van der Waals surface area contributed by atoms with Gasteiger partial charge in [0.1, 0.15) is 5.75 Å². The number of rotatable bonds is 3. The van der Waals surface area contributed by atoms with E-state index >= 15 is 0 Å². The Balaban J connectivity index is 3.13. The minimum absolute atomic E-state index is 0.0569. The first kappa shape index (κ1) is 8.83. The topological polar surface area (TPSA) is 67.5 Å². The third-order valence-electron chi connectivity index (χ3n) is 1.63. The first-order valence-electron chi connectivity index (χ1n) is 3.56. The SMILES string of the molecule is COc1c(CO)cccc1NN. The van der Waals surface area contributed by atoms with Gasteiger partial charge in [0.25, 0.3) is 0 Å². The maximum Gasteiger partial charge on any atom is 0.148 e. The minimum atomic E-state index is -0.0569. The third kappa shape index (κ3) is 1.49. The number of aliphatic hydroxyl groups excluding tert-OH is 1. The van der Waals surface area contributed by atoms with Crippen LogP contribution in [0.5, 0.6) is 5.75 Å². The van der Waals surface area contributed by atoms with Gasteiger partial charge in [-0.1, -0.05) is 12.1 Å². The fourth-order valence-electron chi connectivity index (χ4n) is 1.06. The summed E-state index contributed by atoms with van der Waals surface area (Å²) in [6.45, 7) is -0.0569. The summed E-state index contributed by atoms with van der Waals surface area (Å²) in [5.41, 5.74) is 3.87. The quantitative estimate of drug-likeness (QED) is 0.453.